The first kappa shape index (κ1) is 13.8. The Hall–Kier alpha value is -1.15. The lowest BCUT2D eigenvalue weighted by molar-refractivity contribution is -0.120. The molecule has 3 rings (SSSR count). The quantitative estimate of drug-likeness (QED) is 0.888. The Bertz CT molecular complexity index is 428. The fourth-order valence-electron chi connectivity index (χ4n) is 3.85. The van der Waals surface area contributed by atoms with Crippen LogP contribution in [0.1, 0.15) is 50.5 Å². The van der Waals surface area contributed by atoms with E-state index < -0.39 is 0 Å². The number of hydrogen-bond donors (Lipinski definition) is 1. The monoisotopic (exact) mass is 271 g/mol. The SMILES string of the molecule is O=C(CCCc1ccccc1)C1CC2CCCCC2N1. The molecule has 2 aliphatic rings. The number of nitrogens with one attached hydrogen (secondary N) is 1. The second-order valence-electron chi connectivity index (χ2n) is 6.41. The van der Waals surface area contributed by atoms with Gasteiger partial charge >= 0.3 is 0 Å². The molecule has 0 radical (unpaired) electrons. The second-order valence-corrected chi connectivity index (χ2v) is 6.41. The van der Waals surface area contributed by atoms with E-state index >= 15 is 0 Å². The minimum absolute atomic E-state index is 0.152. The Morgan fingerprint density at radius 2 is 1.95 bits per heavy atom. The van der Waals surface area contributed by atoms with Crippen molar-refractivity contribution in [2.75, 3.05) is 0 Å². The number of Topliss-reactive ketones (excluding diaryl/α,β-unsaturated/α-hetero) is 1. The van der Waals surface area contributed by atoms with Crippen LogP contribution < -0.4 is 5.32 Å². The van der Waals surface area contributed by atoms with Gasteiger partial charge in [-0.05, 0) is 43.6 Å². The molecule has 1 saturated carbocycles. The molecule has 0 amide bonds. The topological polar surface area (TPSA) is 29.1 Å². The molecule has 108 valence electrons. The van der Waals surface area contributed by atoms with Gasteiger partial charge in [-0.25, -0.2) is 0 Å². The Morgan fingerprint density at radius 3 is 2.75 bits per heavy atom. The molecule has 1 saturated heterocycles. The first-order valence-corrected chi connectivity index (χ1v) is 8.15. The zero-order valence-electron chi connectivity index (χ0n) is 12.2. The number of rotatable bonds is 5. The van der Waals surface area contributed by atoms with Crippen LogP contribution in [0.5, 0.6) is 0 Å². The normalized spacial score (nSPS) is 29.1. The summed E-state index contributed by atoms with van der Waals surface area (Å²) in [6, 6.07) is 11.3. The summed E-state index contributed by atoms with van der Waals surface area (Å²) < 4.78 is 0. The van der Waals surface area contributed by atoms with Crippen LogP contribution in [0.2, 0.25) is 0 Å². The zero-order valence-corrected chi connectivity index (χ0v) is 12.2. The number of hydrogen-bond acceptors (Lipinski definition) is 2. The minimum Gasteiger partial charge on any atom is -0.304 e. The first-order chi connectivity index (χ1) is 9.83. The molecular formula is C18H25NO. The van der Waals surface area contributed by atoms with Gasteiger partial charge in [0, 0.05) is 12.5 Å². The lowest BCUT2D eigenvalue weighted by atomic mass is 9.84. The van der Waals surface area contributed by atoms with Gasteiger partial charge in [-0.1, -0.05) is 43.2 Å². The highest BCUT2D eigenvalue weighted by Gasteiger charge is 2.37. The van der Waals surface area contributed by atoms with Crippen molar-refractivity contribution in [1.29, 1.82) is 0 Å². The third-order valence-electron chi connectivity index (χ3n) is 4.98. The van der Waals surface area contributed by atoms with Gasteiger partial charge in [0.15, 0.2) is 0 Å². The zero-order chi connectivity index (χ0) is 13.8. The van der Waals surface area contributed by atoms with E-state index in [2.05, 4.69) is 29.6 Å². The maximum absolute atomic E-state index is 12.3. The molecule has 0 spiro atoms. The van der Waals surface area contributed by atoms with Crippen molar-refractivity contribution in [3.05, 3.63) is 35.9 Å². The summed E-state index contributed by atoms with van der Waals surface area (Å²) in [7, 11) is 0. The van der Waals surface area contributed by atoms with Gasteiger partial charge in [-0.2, -0.15) is 0 Å². The lowest BCUT2D eigenvalue weighted by Gasteiger charge is -2.24. The van der Waals surface area contributed by atoms with Crippen LogP contribution in [0.15, 0.2) is 30.3 Å². The Balaban J connectivity index is 1.43. The van der Waals surface area contributed by atoms with Crippen LogP contribution in [-0.4, -0.2) is 17.9 Å². The van der Waals surface area contributed by atoms with E-state index in [-0.39, 0.29) is 6.04 Å². The Kier molecular flexibility index (Phi) is 4.51. The number of ketones is 1. The van der Waals surface area contributed by atoms with Crippen LogP contribution in [-0.2, 0) is 11.2 Å². The molecule has 2 nitrogen and oxygen atoms in total. The van der Waals surface area contributed by atoms with Crippen molar-refractivity contribution >= 4 is 5.78 Å². The highest BCUT2D eigenvalue weighted by Crippen LogP contribution is 2.33. The van der Waals surface area contributed by atoms with Gasteiger partial charge < -0.3 is 5.32 Å². The lowest BCUT2D eigenvalue weighted by Crippen LogP contribution is -2.37. The number of fused-ring (bicyclic) bond motifs is 1. The van der Waals surface area contributed by atoms with Crippen molar-refractivity contribution in [2.24, 2.45) is 5.92 Å². The van der Waals surface area contributed by atoms with Gasteiger partial charge in [0.25, 0.3) is 0 Å². The number of aryl methyl sites for hydroxylation is 1. The van der Waals surface area contributed by atoms with Crippen molar-refractivity contribution in [1.82, 2.24) is 5.32 Å². The van der Waals surface area contributed by atoms with Crippen molar-refractivity contribution in [3.63, 3.8) is 0 Å². The molecule has 1 aliphatic heterocycles. The molecule has 1 aromatic rings. The predicted octanol–water partition coefficient (Wildman–Crippen LogP) is 3.50. The molecule has 20 heavy (non-hydrogen) atoms. The molecule has 0 aromatic heterocycles. The molecule has 2 fully saturated rings. The van der Waals surface area contributed by atoms with Crippen molar-refractivity contribution in [3.8, 4) is 0 Å². The maximum Gasteiger partial charge on any atom is 0.149 e. The maximum atomic E-state index is 12.3. The Morgan fingerprint density at radius 1 is 1.15 bits per heavy atom. The molecule has 1 N–H and O–H groups in total. The van der Waals surface area contributed by atoms with E-state index in [1.807, 2.05) is 6.07 Å². The highest BCUT2D eigenvalue weighted by molar-refractivity contribution is 5.84. The molecule has 3 atom stereocenters. The molecule has 2 heteroatoms. The highest BCUT2D eigenvalue weighted by atomic mass is 16.1. The summed E-state index contributed by atoms with van der Waals surface area (Å²) in [5, 5.41) is 3.59. The van der Waals surface area contributed by atoms with E-state index in [1.165, 1.54) is 31.2 Å². The van der Waals surface area contributed by atoms with Gasteiger partial charge in [-0.3, -0.25) is 4.79 Å². The van der Waals surface area contributed by atoms with Crippen LogP contribution in [0.3, 0.4) is 0 Å². The molecular weight excluding hydrogens is 246 g/mol. The van der Waals surface area contributed by atoms with Crippen LogP contribution in [0, 0.1) is 5.92 Å². The summed E-state index contributed by atoms with van der Waals surface area (Å²) in [5.41, 5.74) is 1.34. The third kappa shape index (κ3) is 3.29. The number of benzene rings is 1. The van der Waals surface area contributed by atoms with Gasteiger partial charge in [-0.15, -0.1) is 0 Å². The van der Waals surface area contributed by atoms with E-state index in [0.29, 0.717) is 11.8 Å². The van der Waals surface area contributed by atoms with E-state index in [4.69, 9.17) is 0 Å². The van der Waals surface area contributed by atoms with Crippen LogP contribution >= 0.6 is 0 Å². The first-order valence-electron chi connectivity index (χ1n) is 8.15. The largest absolute Gasteiger partial charge is 0.304 e. The number of carbonyl (C=O) groups excluding carboxylic acids is 1. The summed E-state index contributed by atoms with van der Waals surface area (Å²) in [4.78, 5) is 12.3. The molecule has 3 unspecified atom stereocenters. The summed E-state index contributed by atoms with van der Waals surface area (Å²) in [5.74, 6) is 1.21. The molecule has 1 aliphatic carbocycles. The average Bonchev–Trinajstić information content (AvgIpc) is 2.92. The fraction of sp³-hybridized carbons (Fsp3) is 0.611. The smallest absolute Gasteiger partial charge is 0.149 e. The van der Waals surface area contributed by atoms with E-state index in [9.17, 15) is 4.79 Å². The summed E-state index contributed by atoms with van der Waals surface area (Å²) in [6.45, 7) is 0. The van der Waals surface area contributed by atoms with E-state index in [1.54, 1.807) is 0 Å². The minimum atomic E-state index is 0.152. The third-order valence-corrected chi connectivity index (χ3v) is 4.98. The van der Waals surface area contributed by atoms with Crippen molar-refractivity contribution < 1.29 is 4.79 Å². The number of carbonyl (C=O) groups is 1. The predicted molar refractivity (Wildman–Crippen MR) is 81.7 cm³/mol. The molecule has 1 heterocycles. The summed E-state index contributed by atoms with van der Waals surface area (Å²) >= 11 is 0. The molecule has 0 bridgehead atoms. The second kappa shape index (κ2) is 6.53. The standard InChI is InChI=1S/C18H25NO/c20-18(12-6-9-14-7-2-1-3-8-14)17-13-15-10-4-5-11-16(15)19-17/h1-3,7-8,15-17,19H,4-6,9-13H2. The van der Waals surface area contributed by atoms with Gasteiger partial charge in [0.1, 0.15) is 5.78 Å². The van der Waals surface area contributed by atoms with Gasteiger partial charge in [0.05, 0.1) is 6.04 Å². The van der Waals surface area contributed by atoms with Crippen molar-refractivity contribution in [2.45, 2.75) is 63.5 Å². The fourth-order valence-corrected chi connectivity index (χ4v) is 3.85. The summed E-state index contributed by atoms with van der Waals surface area (Å²) in [6.07, 6.45) is 9.12. The average molecular weight is 271 g/mol. The van der Waals surface area contributed by atoms with Gasteiger partial charge in [0.2, 0.25) is 0 Å². The van der Waals surface area contributed by atoms with Crippen LogP contribution in [0.4, 0.5) is 0 Å². The Labute approximate surface area is 122 Å². The van der Waals surface area contributed by atoms with E-state index in [0.717, 1.165) is 31.6 Å². The van der Waals surface area contributed by atoms with Crippen LogP contribution in [0.25, 0.3) is 0 Å². The molecule has 1 aromatic carbocycles.